The Morgan fingerprint density at radius 2 is 1.68 bits per heavy atom. The largest absolute Gasteiger partial charge is 0.496 e. The molecule has 0 aliphatic carbocycles. The lowest BCUT2D eigenvalue weighted by atomic mass is 10.1. The van der Waals surface area contributed by atoms with Crippen LogP contribution in [0, 0.1) is 10.1 Å². The SMILES string of the molecule is COc1ccccc1-c1cc(Cc2ccc(Oc3ccccc3)c([N+](=O)[O-])c2)ncn1. The van der Waals surface area contributed by atoms with E-state index in [4.69, 9.17) is 9.47 Å². The van der Waals surface area contributed by atoms with Crippen LogP contribution in [0.1, 0.15) is 11.3 Å². The highest BCUT2D eigenvalue weighted by Crippen LogP contribution is 2.33. The summed E-state index contributed by atoms with van der Waals surface area (Å²) in [4.78, 5) is 19.8. The fourth-order valence-electron chi connectivity index (χ4n) is 3.22. The molecule has 31 heavy (non-hydrogen) atoms. The first-order valence-electron chi connectivity index (χ1n) is 9.58. The third-order valence-corrected chi connectivity index (χ3v) is 4.68. The molecule has 0 bridgehead atoms. The first-order valence-corrected chi connectivity index (χ1v) is 9.58. The highest BCUT2D eigenvalue weighted by molar-refractivity contribution is 5.67. The predicted octanol–water partition coefficient (Wildman–Crippen LogP) is 5.44. The number of rotatable bonds is 7. The lowest BCUT2D eigenvalue weighted by Gasteiger charge is -2.10. The molecule has 0 spiro atoms. The van der Waals surface area contributed by atoms with Crippen LogP contribution in [0.15, 0.2) is 85.2 Å². The minimum Gasteiger partial charge on any atom is -0.496 e. The molecule has 7 nitrogen and oxygen atoms in total. The van der Waals surface area contributed by atoms with Crippen molar-refractivity contribution >= 4 is 5.69 Å². The normalized spacial score (nSPS) is 10.5. The van der Waals surface area contributed by atoms with Crippen molar-refractivity contribution in [3.63, 3.8) is 0 Å². The Kier molecular flexibility index (Phi) is 5.84. The number of ether oxygens (including phenoxy) is 2. The molecule has 0 saturated carbocycles. The van der Waals surface area contributed by atoms with E-state index >= 15 is 0 Å². The summed E-state index contributed by atoms with van der Waals surface area (Å²) in [7, 11) is 1.61. The fraction of sp³-hybridized carbons (Fsp3) is 0.0833. The minimum absolute atomic E-state index is 0.0969. The van der Waals surface area contributed by atoms with Crippen LogP contribution in [-0.2, 0) is 6.42 Å². The van der Waals surface area contributed by atoms with Gasteiger partial charge in [-0.1, -0.05) is 36.4 Å². The quantitative estimate of drug-likeness (QED) is 0.296. The molecule has 7 heteroatoms. The Hall–Kier alpha value is -4.26. The maximum Gasteiger partial charge on any atom is 0.311 e. The number of methoxy groups -OCH3 is 1. The molecule has 0 aliphatic heterocycles. The van der Waals surface area contributed by atoms with E-state index in [9.17, 15) is 10.1 Å². The van der Waals surface area contributed by atoms with E-state index in [1.54, 1.807) is 31.4 Å². The lowest BCUT2D eigenvalue weighted by Crippen LogP contribution is -1.99. The van der Waals surface area contributed by atoms with Crippen LogP contribution in [0.4, 0.5) is 5.69 Å². The van der Waals surface area contributed by atoms with Gasteiger partial charge in [0.1, 0.15) is 17.8 Å². The van der Waals surface area contributed by atoms with E-state index in [2.05, 4.69) is 9.97 Å². The Labute approximate surface area is 179 Å². The van der Waals surface area contributed by atoms with E-state index in [-0.39, 0.29) is 11.4 Å². The molecule has 0 aliphatic rings. The maximum absolute atomic E-state index is 11.6. The van der Waals surface area contributed by atoms with Gasteiger partial charge in [0.05, 0.1) is 17.7 Å². The molecular weight excluding hydrogens is 394 g/mol. The topological polar surface area (TPSA) is 87.4 Å². The van der Waals surface area contributed by atoms with Crippen molar-refractivity contribution in [2.45, 2.75) is 6.42 Å². The van der Waals surface area contributed by atoms with Gasteiger partial charge in [0.15, 0.2) is 0 Å². The zero-order valence-electron chi connectivity index (χ0n) is 16.8. The van der Waals surface area contributed by atoms with Gasteiger partial charge in [0.25, 0.3) is 0 Å². The number of aromatic nitrogens is 2. The van der Waals surface area contributed by atoms with Crippen molar-refractivity contribution in [2.75, 3.05) is 7.11 Å². The standard InChI is InChI=1S/C24H19N3O4/c1-30-23-10-6-5-9-20(23)21-15-18(25-16-26-21)13-17-11-12-24(22(14-17)27(28)29)31-19-7-3-2-4-8-19/h2-12,14-16H,13H2,1H3. The second-order valence-electron chi connectivity index (χ2n) is 6.75. The Bertz CT molecular complexity index is 1210. The van der Waals surface area contributed by atoms with Gasteiger partial charge in [-0.3, -0.25) is 10.1 Å². The number of para-hydroxylation sites is 2. The van der Waals surface area contributed by atoms with Gasteiger partial charge in [-0.2, -0.15) is 0 Å². The van der Waals surface area contributed by atoms with Crippen LogP contribution >= 0.6 is 0 Å². The number of nitro benzene ring substituents is 1. The summed E-state index contributed by atoms with van der Waals surface area (Å²) in [5.74, 6) is 1.44. The van der Waals surface area contributed by atoms with Crippen molar-refractivity contribution in [1.29, 1.82) is 0 Å². The highest BCUT2D eigenvalue weighted by atomic mass is 16.6. The predicted molar refractivity (Wildman–Crippen MR) is 116 cm³/mol. The molecule has 4 aromatic rings. The van der Waals surface area contributed by atoms with E-state index in [1.807, 2.05) is 48.5 Å². The third kappa shape index (κ3) is 4.67. The summed E-state index contributed by atoms with van der Waals surface area (Å²) in [5.41, 5.74) is 2.96. The van der Waals surface area contributed by atoms with Gasteiger partial charge in [-0.15, -0.1) is 0 Å². The molecule has 0 N–H and O–H groups in total. The molecule has 0 radical (unpaired) electrons. The number of hydrogen-bond donors (Lipinski definition) is 0. The first-order chi connectivity index (χ1) is 15.1. The molecule has 1 aromatic heterocycles. The molecule has 0 atom stereocenters. The molecule has 0 amide bonds. The van der Waals surface area contributed by atoms with E-state index in [1.165, 1.54) is 12.4 Å². The Balaban J connectivity index is 1.61. The van der Waals surface area contributed by atoms with Gasteiger partial charge in [0, 0.05) is 23.7 Å². The number of nitro groups is 1. The zero-order chi connectivity index (χ0) is 21.6. The molecule has 0 fully saturated rings. The van der Waals surface area contributed by atoms with Crippen LogP contribution in [0.2, 0.25) is 0 Å². The van der Waals surface area contributed by atoms with Crippen molar-refractivity contribution in [2.24, 2.45) is 0 Å². The highest BCUT2D eigenvalue weighted by Gasteiger charge is 2.17. The monoisotopic (exact) mass is 413 g/mol. The van der Waals surface area contributed by atoms with Crippen molar-refractivity contribution in [3.8, 4) is 28.5 Å². The number of nitrogens with zero attached hydrogens (tertiary/aromatic N) is 3. The van der Waals surface area contributed by atoms with Gasteiger partial charge < -0.3 is 9.47 Å². The second kappa shape index (κ2) is 9.04. The molecule has 3 aromatic carbocycles. The summed E-state index contributed by atoms with van der Waals surface area (Å²) in [6, 6.07) is 23.4. The number of hydrogen-bond acceptors (Lipinski definition) is 6. The van der Waals surface area contributed by atoms with Crippen LogP contribution in [-0.4, -0.2) is 22.0 Å². The third-order valence-electron chi connectivity index (χ3n) is 4.68. The summed E-state index contributed by atoms with van der Waals surface area (Å²) in [6.07, 6.45) is 1.90. The Morgan fingerprint density at radius 3 is 2.45 bits per heavy atom. The van der Waals surface area contributed by atoms with Crippen LogP contribution in [0.3, 0.4) is 0 Å². The minimum atomic E-state index is -0.442. The van der Waals surface area contributed by atoms with E-state index < -0.39 is 4.92 Å². The van der Waals surface area contributed by atoms with Crippen LogP contribution in [0.25, 0.3) is 11.3 Å². The van der Waals surface area contributed by atoms with Crippen LogP contribution in [0.5, 0.6) is 17.2 Å². The lowest BCUT2D eigenvalue weighted by molar-refractivity contribution is -0.385. The van der Waals surface area contributed by atoms with Crippen molar-refractivity contribution in [3.05, 3.63) is 107 Å². The molecule has 0 saturated heterocycles. The fourth-order valence-corrected chi connectivity index (χ4v) is 3.22. The summed E-state index contributed by atoms with van der Waals surface area (Å²) in [6.45, 7) is 0. The first kappa shape index (κ1) is 20.0. The van der Waals surface area contributed by atoms with Gasteiger partial charge in [-0.05, 0) is 42.0 Å². The van der Waals surface area contributed by atoms with Gasteiger partial charge >= 0.3 is 5.69 Å². The van der Waals surface area contributed by atoms with Crippen LogP contribution < -0.4 is 9.47 Å². The van der Waals surface area contributed by atoms with Crippen molar-refractivity contribution < 1.29 is 14.4 Å². The maximum atomic E-state index is 11.6. The zero-order valence-corrected chi connectivity index (χ0v) is 16.8. The summed E-state index contributed by atoms with van der Waals surface area (Å²) in [5, 5.41) is 11.6. The summed E-state index contributed by atoms with van der Waals surface area (Å²) >= 11 is 0. The van der Waals surface area contributed by atoms with Crippen molar-refractivity contribution in [1.82, 2.24) is 9.97 Å². The average molecular weight is 413 g/mol. The van der Waals surface area contributed by atoms with E-state index in [0.717, 1.165) is 22.5 Å². The molecule has 0 unspecified atom stereocenters. The summed E-state index contributed by atoms with van der Waals surface area (Å²) < 4.78 is 11.1. The smallest absolute Gasteiger partial charge is 0.311 e. The average Bonchev–Trinajstić information content (AvgIpc) is 2.81. The molecular formula is C24H19N3O4. The van der Waals surface area contributed by atoms with E-state index in [0.29, 0.717) is 17.9 Å². The second-order valence-corrected chi connectivity index (χ2v) is 6.75. The molecule has 4 rings (SSSR count). The number of benzene rings is 3. The van der Waals surface area contributed by atoms with Gasteiger partial charge in [0.2, 0.25) is 5.75 Å². The Morgan fingerprint density at radius 1 is 0.903 bits per heavy atom. The molecule has 1 heterocycles. The molecule has 154 valence electrons. The van der Waals surface area contributed by atoms with Gasteiger partial charge in [-0.25, -0.2) is 9.97 Å².